The number of ether oxygens (including phenoxy) is 2. The highest BCUT2D eigenvalue weighted by Gasteiger charge is 2.32. The van der Waals surface area contributed by atoms with Gasteiger partial charge < -0.3 is 24.5 Å². The van der Waals surface area contributed by atoms with Gasteiger partial charge in [0.05, 0.1) is 42.7 Å². The van der Waals surface area contributed by atoms with Crippen LogP contribution < -0.4 is 5.32 Å². The Morgan fingerprint density at radius 1 is 1.03 bits per heavy atom. The molecule has 174 valence electrons. The summed E-state index contributed by atoms with van der Waals surface area (Å²) in [6.45, 7) is 2.14. The summed E-state index contributed by atoms with van der Waals surface area (Å²) >= 11 is 0. The zero-order valence-electron chi connectivity index (χ0n) is 18.9. The number of aliphatic hydroxyl groups excluding tert-OH is 1. The lowest BCUT2D eigenvalue weighted by Crippen LogP contribution is -2.32. The predicted molar refractivity (Wildman–Crippen MR) is 129 cm³/mol. The van der Waals surface area contributed by atoms with E-state index in [1.807, 2.05) is 73.1 Å². The highest BCUT2D eigenvalue weighted by molar-refractivity contribution is 5.88. The van der Waals surface area contributed by atoms with Gasteiger partial charge >= 0.3 is 0 Å². The van der Waals surface area contributed by atoms with Gasteiger partial charge in [-0.05, 0) is 35.4 Å². The Balaban J connectivity index is 1.41. The fourth-order valence-electron chi connectivity index (χ4n) is 4.34. The van der Waals surface area contributed by atoms with Crippen LogP contribution in [0.5, 0.6) is 0 Å². The van der Waals surface area contributed by atoms with Crippen molar-refractivity contribution in [2.24, 2.45) is 0 Å². The van der Waals surface area contributed by atoms with E-state index in [1.165, 1.54) is 6.92 Å². The molecule has 1 saturated heterocycles. The summed E-state index contributed by atoms with van der Waals surface area (Å²) in [6, 6.07) is 23.4. The monoisotopic (exact) mass is 457 g/mol. The number of aliphatic hydroxyl groups is 1. The van der Waals surface area contributed by atoms with Crippen molar-refractivity contribution in [3.63, 3.8) is 0 Å². The Bertz CT molecular complexity index is 1270. The van der Waals surface area contributed by atoms with Crippen molar-refractivity contribution in [2.45, 2.75) is 45.0 Å². The Morgan fingerprint density at radius 3 is 2.50 bits per heavy atom. The average molecular weight is 458 g/mol. The van der Waals surface area contributed by atoms with Gasteiger partial charge in [0.2, 0.25) is 5.91 Å². The van der Waals surface area contributed by atoms with Gasteiger partial charge in [0.1, 0.15) is 0 Å². The van der Waals surface area contributed by atoms with Crippen molar-refractivity contribution in [1.82, 2.24) is 9.55 Å². The molecular weight excluding hydrogens is 430 g/mol. The largest absolute Gasteiger partial charge is 0.392 e. The number of amides is 1. The van der Waals surface area contributed by atoms with Gasteiger partial charge in [0.15, 0.2) is 6.29 Å². The lowest BCUT2D eigenvalue weighted by molar-refractivity contribution is -0.252. The number of fused-ring (bicyclic) bond motifs is 1. The van der Waals surface area contributed by atoms with Gasteiger partial charge in [-0.1, -0.05) is 48.5 Å². The quantitative estimate of drug-likeness (QED) is 0.437. The van der Waals surface area contributed by atoms with E-state index >= 15 is 0 Å². The van der Waals surface area contributed by atoms with Crippen LogP contribution in [-0.2, 0) is 27.4 Å². The summed E-state index contributed by atoms with van der Waals surface area (Å²) < 4.78 is 14.9. The van der Waals surface area contributed by atoms with E-state index in [-0.39, 0.29) is 24.7 Å². The van der Waals surface area contributed by atoms with Gasteiger partial charge in [-0.2, -0.15) is 0 Å². The Labute approximate surface area is 198 Å². The molecule has 2 N–H and O–H groups in total. The van der Waals surface area contributed by atoms with E-state index in [4.69, 9.17) is 9.47 Å². The molecule has 1 aliphatic heterocycles. The molecule has 3 unspecified atom stereocenters. The molecule has 5 rings (SSSR count). The number of carbonyl (C=O) groups excluding carboxylic acids is 1. The first-order chi connectivity index (χ1) is 16.6. The maximum absolute atomic E-state index is 11.3. The number of hydrogen-bond donors (Lipinski definition) is 2. The van der Waals surface area contributed by atoms with E-state index in [0.29, 0.717) is 13.0 Å². The summed E-state index contributed by atoms with van der Waals surface area (Å²) in [5.74, 6) is -0.114. The highest BCUT2D eigenvalue weighted by atomic mass is 16.7. The first kappa shape index (κ1) is 22.3. The second-order valence-corrected chi connectivity index (χ2v) is 8.54. The number of hydrogen-bond acceptors (Lipinski definition) is 5. The minimum Gasteiger partial charge on any atom is -0.392 e. The van der Waals surface area contributed by atoms with Gasteiger partial charge in [-0.15, -0.1) is 0 Å². The van der Waals surface area contributed by atoms with Crippen molar-refractivity contribution < 1.29 is 19.4 Å². The van der Waals surface area contributed by atoms with Crippen molar-refractivity contribution in [3.05, 3.63) is 95.8 Å². The summed E-state index contributed by atoms with van der Waals surface area (Å²) in [6.07, 6.45) is 1.72. The topological polar surface area (TPSA) is 85.6 Å². The molecule has 3 aromatic carbocycles. The summed E-state index contributed by atoms with van der Waals surface area (Å²) in [5.41, 5.74) is 5.53. The van der Waals surface area contributed by atoms with E-state index in [0.717, 1.165) is 33.4 Å². The van der Waals surface area contributed by atoms with Crippen LogP contribution in [0.1, 0.15) is 42.4 Å². The third-order valence-corrected chi connectivity index (χ3v) is 6.05. The molecule has 1 aromatic heterocycles. The van der Waals surface area contributed by atoms with Crippen LogP contribution >= 0.6 is 0 Å². The summed E-state index contributed by atoms with van der Waals surface area (Å²) in [7, 11) is 0. The van der Waals surface area contributed by atoms with Crippen molar-refractivity contribution in [2.75, 3.05) is 5.32 Å². The van der Waals surface area contributed by atoms with Crippen LogP contribution in [0.2, 0.25) is 0 Å². The Hall–Kier alpha value is -3.52. The minimum atomic E-state index is -0.553. The number of rotatable bonds is 6. The lowest BCUT2D eigenvalue weighted by Gasteiger charge is -2.36. The third kappa shape index (κ3) is 4.87. The molecule has 0 aliphatic carbocycles. The molecular formula is C27H27N3O4. The van der Waals surface area contributed by atoms with Gasteiger partial charge in [-0.25, -0.2) is 4.98 Å². The maximum Gasteiger partial charge on any atom is 0.221 e. The van der Waals surface area contributed by atoms with Crippen molar-refractivity contribution in [3.8, 4) is 0 Å². The number of anilines is 1. The molecule has 3 atom stereocenters. The Kier molecular flexibility index (Phi) is 6.40. The molecule has 0 spiro atoms. The van der Waals surface area contributed by atoms with Crippen LogP contribution in [0.25, 0.3) is 11.0 Å². The SMILES string of the molecule is CC(=O)Nc1ccc(C2OC(Cn3cnc4ccccc43)CC(c3ccc(CO)cc3)O2)cc1. The van der Waals surface area contributed by atoms with Gasteiger partial charge in [0, 0.05) is 24.6 Å². The average Bonchev–Trinajstić information content (AvgIpc) is 3.27. The van der Waals surface area contributed by atoms with E-state index in [9.17, 15) is 9.90 Å². The number of carbonyl (C=O) groups is 1. The minimum absolute atomic E-state index is 0.00845. The molecule has 1 aliphatic rings. The lowest BCUT2D eigenvalue weighted by atomic mass is 10.00. The van der Waals surface area contributed by atoms with Gasteiger partial charge in [-0.3, -0.25) is 4.79 Å². The van der Waals surface area contributed by atoms with E-state index < -0.39 is 6.29 Å². The molecule has 0 bridgehead atoms. The standard InChI is InChI=1S/C27H27N3O4/c1-18(32)29-22-12-10-21(11-13-22)27-33-23(15-30-17-28-24-4-2-3-5-25(24)30)14-26(34-27)20-8-6-19(16-31)7-9-20/h2-13,17,23,26-27,31H,14-16H2,1H3,(H,29,32). The summed E-state index contributed by atoms with van der Waals surface area (Å²) in [5, 5.41) is 12.2. The number of aromatic nitrogens is 2. The van der Waals surface area contributed by atoms with Gasteiger partial charge in [0.25, 0.3) is 0 Å². The molecule has 34 heavy (non-hydrogen) atoms. The Morgan fingerprint density at radius 2 is 1.76 bits per heavy atom. The first-order valence-corrected chi connectivity index (χ1v) is 11.4. The third-order valence-electron chi connectivity index (χ3n) is 6.05. The van der Waals surface area contributed by atoms with Crippen LogP contribution in [0, 0.1) is 0 Å². The zero-order valence-corrected chi connectivity index (χ0v) is 18.9. The second-order valence-electron chi connectivity index (χ2n) is 8.54. The molecule has 0 radical (unpaired) electrons. The van der Waals surface area contributed by atoms with E-state index in [1.54, 1.807) is 0 Å². The van der Waals surface area contributed by atoms with E-state index in [2.05, 4.69) is 20.9 Å². The number of nitrogens with zero attached hydrogens (tertiary/aromatic N) is 2. The molecule has 1 amide bonds. The number of nitrogens with one attached hydrogen (secondary N) is 1. The number of para-hydroxylation sites is 2. The normalized spacial score (nSPS) is 20.4. The first-order valence-electron chi connectivity index (χ1n) is 11.4. The molecule has 7 heteroatoms. The fourth-order valence-corrected chi connectivity index (χ4v) is 4.34. The van der Waals surface area contributed by atoms with Crippen LogP contribution in [-0.4, -0.2) is 26.7 Å². The maximum atomic E-state index is 11.3. The van der Waals surface area contributed by atoms with Crippen molar-refractivity contribution >= 4 is 22.6 Å². The number of imidazole rings is 1. The smallest absolute Gasteiger partial charge is 0.221 e. The molecule has 7 nitrogen and oxygen atoms in total. The zero-order chi connectivity index (χ0) is 23.5. The summed E-state index contributed by atoms with van der Waals surface area (Å²) in [4.78, 5) is 15.9. The predicted octanol–water partition coefficient (Wildman–Crippen LogP) is 4.73. The molecule has 4 aromatic rings. The number of benzene rings is 3. The molecule has 2 heterocycles. The van der Waals surface area contributed by atoms with Crippen LogP contribution in [0.4, 0.5) is 5.69 Å². The van der Waals surface area contributed by atoms with Crippen LogP contribution in [0.15, 0.2) is 79.1 Å². The fraction of sp³-hybridized carbons (Fsp3) is 0.259. The molecule has 1 fully saturated rings. The highest BCUT2D eigenvalue weighted by Crippen LogP contribution is 2.38. The second kappa shape index (κ2) is 9.77. The van der Waals surface area contributed by atoms with Crippen LogP contribution in [0.3, 0.4) is 0 Å². The molecule has 0 saturated carbocycles. The van der Waals surface area contributed by atoms with Crippen molar-refractivity contribution in [1.29, 1.82) is 0 Å².